The molecule has 2 aromatic rings. The zero-order valence-electron chi connectivity index (χ0n) is 13.1. The van der Waals surface area contributed by atoms with Gasteiger partial charge >= 0.3 is 0 Å². The second-order valence-corrected chi connectivity index (χ2v) is 6.49. The van der Waals surface area contributed by atoms with Crippen molar-refractivity contribution in [2.24, 2.45) is 0 Å². The molecule has 1 atom stereocenters. The average molecular weight is 347 g/mol. The number of nitrogens with one attached hydrogen (secondary N) is 1. The highest BCUT2D eigenvalue weighted by Gasteiger charge is 2.16. The number of amides is 1. The summed E-state index contributed by atoms with van der Waals surface area (Å²) in [5.41, 5.74) is 1.47. The maximum atomic E-state index is 12.9. The van der Waals surface area contributed by atoms with Gasteiger partial charge in [-0.3, -0.25) is 4.79 Å². The van der Waals surface area contributed by atoms with Crippen LogP contribution < -0.4 is 5.32 Å². The molecule has 2 heterocycles. The van der Waals surface area contributed by atoms with Gasteiger partial charge in [-0.25, -0.2) is 4.39 Å². The van der Waals surface area contributed by atoms with Gasteiger partial charge in [0, 0.05) is 18.7 Å². The first-order valence-electron chi connectivity index (χ1n) is 7.81. The number of ether oxygens (including phenoxy) is 1. The van der Waals surface area contributed by atoms with Crippen LogP contribution in [-0.4, -0.2) is 41.1 Å². The maximum Gasteiger partial charge on any atom is 0.230 e. The maximum absolute atomic E-state index is 12.9. The van der Waals surface area contributed by atoms with Crippen LogP contribution in [0, 0.1) is 5.82 Å². The van der Waals surface area contributed by atoms with Crippen LogP contribution >= 0.6 is 11.8 Å². The largest absolute Gasteiger partial charge is 0.376 e. The van der Waals surface area contributed by atoms with Gasteiger partial charge in [-0.05, 0) is 49.2 Å². The Bertz CT molecular complexity index is 673. The summed E-state index contributed by atoms with van der Waals surface area (Å²) < 4.78 is 18.4. The SMILES string of the molecule is O=C(CSc1ccc(-c2ccc(F)cc2)nn1)NC[C@@H]1CCCO1. The first-order valence-corrected chi connectivity index (χ1v) is 8.80. The molecule has 1 amide bonds. The Labute approximate surface area is 144 Å². The van der Waals surface area contributed by atoms with E-state index in [1.807, 2.05) is 12.1 Å². The first-order chi connectivity index (χ1) is 11.7. The third-order valence-corrected chi connectivity index (χ3v) is 4.60. The fraction of sp³-hybridized carbons (Fsp3) is 0.353. The molecule has 7 heteroatoms. The zero-order valence-corrected chi connectivity index (χ0v) is 13.9. The van der Waals surface area contributed by atoms with Crippen LogP contribution in [0.25, 0.3) is 11.3 Å². The van der Waals surface area contributed by atoms with Crippen LogP contribution in [0.4, 0.5) is 4.39 Å². The minimum absolute atomic E-state index is 0.0417. The monoisotopic (exact) mass is 347 g/mol. The number of hydrogen-bond donors (Lipinski definition) is 1. The van der Waals surface area contributed by atoms with Crippen molar-refractivity contribution in [3.8, 4) is 11.3 Å². The number of hydrogen-bond acceptors (Lipinski definition) is 5. The molecule has 0 unspecified atom stereocenters. The molecule has 1 aromatic carbocycles. The number of rotatable bonds is 6. The summed E-state index contributed by atoms with van der Waals surface area (Å²) in [5, 5.41) is 11.8. The lowest BCUT2D eigenvalue weighted by atomic mass is 10.1. The molecule has 3 rings (SSSR count). The zero-order chi connectivity index (χ0) is 16.8. The van der Waals surface area contributed by atoms with Crippen molar-refractivity contribution in [2.45, 2.75) is 24.0 Å². The molecule has 1 aliphatic rings. The van der Waals surface area contributed by atoms with Crippen LogP contribution in [-0.2, 0) is 9.53 Å². The minimum atomic E-state index is -0.284. The molecule has 1 aliphatic heterocycles. The summed E-state index contributed by atoms with van der Waals surface area (Å²) in [6, 6.07) is 9.71. The van der Waals surface area contributed by atoms with Crippen LogP contribution in [0.15, 0.2) is 41.4 Å². The van der Waals surface area contributed by atoms with Gasteiger partial charge in [0.25, 0.3) is 0 Å². The Morgan fingerprint density at radius 3 is 2.75 bits per heavy atom. The lowest BCUT2D eigenvalue weighted by molar-refractivity contribution is -0.119. The van der Waals surface area contributed by atoms with Gasteiger partial charge in [0.2, 0.25) is 5.91 Å². The normalized spacial score (nSPS) is 17.0. The number of benzene rings is 1. The van der Waals surface area contributed by atoms with Crippen molar-refractivity contribution in [1.29, 1.82) is 0 Å². The number of halogens is 1. The fourth-order valence-corrected chi connectivity index (χ4v) is 3.04. The molecule has 0 saturated carbocycles. The highest BCUT2D eigenvalue weighted by Crippen LogP contribution is 2.20. The quantitative estimate of drug-likeness (QED) is 0.814. The summed E-state index contributed by atoms with van der Waals surface area (Å²) in [6.45, 7) is 1.35. The Morgan fingerprint density at radius 2 is 2.08 bits per heavy atom. The second-order valence-electron chi connectivity index (χ2n) is 5.49. The van der Waals surface area contributed by atoms with Gasteiger partial charge in [-0.1, -0.05) is 11.8 Å². The van der Waals surface area contributed by atoms with E-state index in [1.165, 1.54) is 23.9 Å². The molecule has 1 saturated heterocycles. The summed E-state index contributed by atoms with van der Waals surface area (Å²) in [6.07, 6.45) is 2.21. The lowest BCUT2D eigenvalue weighted by Gasteiger charge is -2.10. The van der Waals surface area contributed by atoms with E-state index < -0.39 is 0 Å². The molecule has 1 fully saturated rings. The van der Waals surface area contributed by atoms with Gasteiger partial charge < -0.3 is 10.1 Å². The van der Waals surface area contributed by atoms with E-state index in [0.717, 1.165) is 25.0 Å². The van der Waals surface area contributed by atoms with Crippen molar-refractivity contribution in [1.82, 2.24) is 15.5 Å². The van der Waals surface area contributed by atoms with E-state index >= 15 is 0 Å². The van der Waals surface area contributed by atoms with E-state index in [-0.39, 0.29) is 23.6 Å². The van der Waals surface area contributed by atoms with Crippen LogP contribution in [0.3, 0.4) is 0 Å². The van der Waals surface area contributed by atoms with Crippen molar-refractivity contribution in [2.75, 3.05) is 18.9 Å². The standard InChI is InChI=1S/C17H18FN3O2S/c18-13-5-3-12(4-6-13)15-7-8-17(21-20-15)24-11-16(22)19-10-14-2-1-9-23-14/h3-8,14H,1-2,9-11H2,(H,19,22)/t14-/m0/s1. The predicted octanol–water partition coefficient (Wildman–Crippen LogP) is 2.67. The molecule has 0 bridgehead atoms. The summed E-state index contributed by atoms with van der Waals surface area (Å²) in [7, 11) is 0. The van der Waals surface area contributed by atoms with Gasteiger partial charge in [-0.15, -0.1) is 10.2 Å². The topological polar surface area (TPSA) is 64.1 Å². The third kappa shape index (κ3) is 4.75. The summed E-state index contributed by atoms with van der Waals surface area (Å²) in [4.78, 5) is 11.8. The Kier molecular flexibility index (Phi) is 5.77. The molecule has 126 valence electrons. The number of nitrogens with zero attached hydrogens (tertiary/aromatic N) is 2. The number of carbonyl (C=O) groups is 1. The van der Waals surface area contributed by atoms with E-state index in [1.54, 1.807) is 12.1 Å². The van der Waals surface area contributed by atoms with E-state index in [0.29, 0.717) is 17.3 Å². The molecule has 0 spiro atoms. The van der Waals surface area contributed by atoms with E-state index in [9.17, 15) is 9.18 Å². The van der Waals surface area contributed by atoms with E-state index in [4.69, 9.17) is 4.74 Å². The van der Waals surface area contributed by atoms with Crippen molar-refractivity contribution in [3.05, 3.63) is 42.2 Å². The summed E-state index contributed by atoms with van der Waals surface area (Å²) in [5.74, 6) is -0.0371. The number of carbonyl (C=O) groups excluding carboxylic acids is 1. The molecule has 0 radical (unpaired) electrons. The second kappa shape index (κ2) is 8.21. The highest BCUT2D eigenvalue weighted by molar-refractivity contribution is 7.99. The Balaban J connectivity index is 1.47. The van der Waals surface area contributed by atoms with E-state index in [2.05, 4.69) is 15.5 Å². The lowest BCUT2D eigenvalue weighted by Crippen LogP contribution is -2.32. The predicted molar refractivity (Wildman–Crippen MR) is 90.1 cm³/mol. The molecule has 0 aliphatic carbocycles. The number of aromatic nitrogens is 2. The van der Waals surface area contributed by atoms with Gasteiger partial charge in [0.1, 0.15) is 10.8 Å². The minimum Gasteiger partial charge on any atom is -0.376 e. The molecule has 5 nitrogen and oxygen atoms in total. The van der Waals surface area contributed by atoms with Gasteiger partial charge in [-0.2, -0.15) is 0 Å². The van der Waals surface area contributed by atoms with Gasteiger partial charge in [0.05, 0.1) is 17.6 Å². The van der Waals surface area contributed by atoms with Crippen molar-refractivity contribution in [3.63, 3.8) is 0 Å². The molecule has 1 N–H and O–H groups in total. The summed E-state index contributed by atoms with van der Waals surface area (Å²) >= 11 is 1.33. The average Bonchev–Trinajstić information content (AvgIpc) is 3.13. The van der Waals surface area contributed by atoms with Gasteiger partial charge in [0.15, 0.2) is 0 Å². The van der Waals surface area contributed by atoms with Crippen LogP contribution in [0.2, 0.25) is 0 Å². The fourth-order valence-electron chi connectivity index (χ4n) is 2.40. The molecular weight excluding hydrogens is 329 g/mol. The number of thioether (sulfide) groups is 1. The van der Waals surface area contributed by atoms with Crippen molar-refractivity contribution >= 4 is 17.7 Å². The highest BCUT2D eigenvalue weighted by atomic mass is 32.2. The van der Waals surface area contributed by atoms with Crippen LogP contribution in [0.5, 0.6) is 0 Å². The van der Waals surface area contributed by atoms with Crippen LogP contribution in [0.1, 0.15) is 12.8 Å². The molecule has 1 aromatic heterocycles. The molecule has 24 heavy (non-hydrogen) atoms. The molecular formula is C17H18FN3O2S. The Morgan fingerprint density at radius 1 is 1.25 bits per heavy atom. The Hall–Kier alpha value is -1.99. The third-order valence-electron chi connectivity index (χ3n) is 3.68. The smallest absolute Gasteiger partial charge is 0.230 e. The van der Waals surface area contributed by atoms with Crippen molar-refractivity contribution < 1.29 is 13.9 Å². The first kappa shape index (κ1) is 16.9.